The number of nitrogens with two attached hydrogens (primary N) is 1. The molecule has 6 nitrogen and oxygen atoms in total. The third-order valence-electron chi connectivity index (χ3n) is 1.86. The van der Waals surface area contributed by atoms with Crippen LogP contribution in [0.3, 0.4) is 0 Å². The van der Waals surface area contributed by atoms with Gasteiger partial charge in [0.25, 0.3) is 0 Å². The molecular weight excluding hydrogens is 172 g/mol. The van der Waals surface area contributed by atoms with E-state index in [9.17, 15) is 0 Å². The van der Waals surface area contributed by atoms with Crippen LogP contribution in [0.5, 0.6) is 0 Å². The van der Waals surface area contributed by atoms with Crippen LogP contribution in [-0.2, 0) is 6.54 Å². The first kappa shape index (κ1) is 9.94. The second-order valence-electron chi connectivity index (χ2n) is 2.82. The van der Waals surface area contributed by atoms with Crippen LogP contribution in [0.25, 0.3) is 0 Å². The molecule has 0 bridgehead atoms. The standard InChI is InChI=1S/C7H14N4O2/c1-5(4-12)11(2)7-10-9-6(3-8)13-7/h5,12H,3-4,8H2,1-2H3. The summed E-state index contributed by atoms with van der Waals surface area (Å²) in [5, 5.41) is 16.4. The molecule has 1 heterocycles. The molecule has 0 fully saturated rings. The molecule has 6 heteroatoms. The van der Waals surface area contributed by atoms with Crippen LogP contribution in [-0.4, -0.2) is 35.0 Å². The van der Waals surface area contributed by atoms with Gasteiger partial charge in [0.2, 0.25) is 5.89 Å². The average Bonchev–Trinajstić information content (AvgIpc) is 2.63. The van der Waals surface area contributed by atoms with E-state index in [2.05, 4.69) is 10.2 Å². The van der Waals surface area contributed by atoms with E-state index >= 15 is 0 Å². The minimum atomic E-state index is -0.0499. The van der Waals surface area contributed by atoms with Crippen LogP contribution in [0.4, 0.5) is 6.01 Å². The minimum Gasteiger partial charge on any atom is -0.407 e. The number of aromatic nitrogens is 2. The van der Waals surface area contributed by atoms with Gasteiger partial charge in [-0.3, -0.25) is 0 Å². The Hall–Kier alpha value is -1.14. The lowest BCUT2D eigenvalue weighted by Crippen LogP contribution is -2.32. The lowest BCUT2D eigenvalue weighted by molar-refractivity contribution is 0.266. The van der Waals surface area contributed by atoms with Crippen molar-refractivity contribution in [3.8, 4) is 0 Å². The molecule has 1 atom stereocenters. The van der Waals surface area contributed by atoms with E-state index in [0.717, 1.165) is 0 Å². The molecule has 0 amide bonds. The van der Waals surface area contributed by atoms with Crippen molar-refractivity contribution < 1.29 is 9.52 Å². The van der Waals surface area contributed by atoms with Gasteiger partial charge in [-0.15, -0.1) is 5.10 Å². The maximum atomic E-state index is 8.87. The molecule has 0 saturated heterocycles. The Balaban J connectivity index is 2.70. The third-order valence-corrected chi connectivity index (χ3v) is 1.86. The molecule has 0 aromatic carbocycles. The van der Waals surface area contributed by atoms with E-state index in [1.54, 1.807) is 11.9 Å². The van der Waals surface area contributed by atoms with Crippen molar-refractivity contribution in [3.63, 3.8) is 0 Å². The molecule has 0 saturated carbocycles. The van der Waals surface area contributed by atoms with Crippen LogP contribution in [0.15, 0.2) is 4.42 Å². The van der Waals surface area contributed by atoms with Crippen molar-refractivity contribution in [1.82, 2.24) is 10.2 Å². The molecule has 0 aliphatic carbocycles. The monoisotopic (exact) mass is 186 g/mol. The van der Waals surface area contributed by atoms with Gasteiger partial charge in [-0.05, 0) is 6.92 Å². The van der Waals surface area contributed by atoms with Gasteiger partial charge in [0.05, 0.1) is 19.2 Å². The maximum Gasteiger partial charge on any atom is 0.318 e. The Labute approximate surface area is 76.4 Å². The summed E-state index contributed by atoms with van der Waals surface area (Å²) in [4.78, 5) is 1.70. The molecule has 0 aliphatic rings. The van der Waals surface area contributed by atoms with Gasteiger partial charge < -0.3 is 20.2 Å². The Kier molecular flexibility index (Phi) is 3.21. The van der Waals surface area contributed by atoms with Gasteiger partial charge >= 0.3 is 6.01 Å². The zero-order valence-electron chi connectivity index (χ0n) is 7.77. The number of nitrogens with zero attached hydrogens (tertiary/aromatic N) is 3. The highest BCUT2D eigenvalue weighted by molar-refractivity contribution is 5.23. The summed E-state index contributed by atoms with van der Waals surface area (Å²) in [5.74, 6) is 0.395. The largest absolute Gasteiger partial charge is 0.407 e. The molecule has 74 valence electrons. The molecule has 0 spiro atoms. The first-order chi connectivity index (χ1) is 6.19. The molecular formula is C7H14N4O2. The van der Waals surface area contributed by atoms with Crippen molar-refractivity contribution in [1.29, 1.82) is 0 Å². The van der Waals surface area contributed by atoms with Gasteiger partial charge in [-0.25, -0.2) is 0 Å². The second-order valence-corrected chi connectivity index (χ2v) is 2.82. The highest BCUT2D eigenvalue weighted by Gasteiger charge is 2.14. The van der Waals surface area contributed by atoms with Gasteiger partial charge in [-0.1, -0.05) is 5.10 Å². The lowest BCUT2D eigenvalue weighted by atomic mass is 10.3. The van der Waals surface area contributed by atoms with E-state index in [0.29, 0.717) is 11.9 Å². The van der Waals surface area contributed by atoms with Crippen LogP contribution in [0, 0.1) is 0 Å². The predicted molar refractivity (Wildman–Crippen MR) is 47.1 cm³/mol. The zero-order chi connectivity index (χ0) is 9.84. The predicted octanol–water partition coefficient (Wildman–Crippen LogP) is -0.655. The highest BCUT2D eigenvalue weighted by atomic mass is 16.4. The van der Waals surface area contributed by atoms with Gasteiger partial charge in [0, 0.05) is 7.05 Å². The summed E-state index contributed by atoms with van der Waals surface area (Å²) in [7, 11) is 1.77. The SMILES string of the molecule is CC(CO)N(C)c1nnc(CN)o1. The Morgan fingerprint density at radius 3 is 2.77 bits per heavy atom. The van der Waals surface area contributed by atoms with E-state index < -0.39 is 0 Å². The van der Waals surface area contributed by atoms with E-state index in [1.165, 1.54) is 0 Å². The van der Waals surface area contributed by atoms with Crippen LogP contribution < -0.4 is 10.6 Å². The summed E-state index contributed by atoms with van der Waals surface area (Å²) in [5.41, 5.74) is 5.31. The lowest BCUT2D eigenvalue weighted by Gasteiger charge is -2.19. The van der Waals surface area contributed by atoms with Crippen molar-refractivity contribution in [2.75, 3.05) is 18.6 Å². The zero-order valence-corrected chi connectivity index (χ0v) is 7.77. The molecule has 0 radical (unpaired) electrons. The third kappa shape index (κ3) is 2.16. The molecule has 13 heavy (non-hydrogen) atoms. The van der Waals surface area contributed by atoms with E-state index in [-0.39, 0.29) is 19.2 Å². The summed E-state index contributed by atoms with van der Waals surface area (Å²) in [6.45, 7) is 2.12. The fourth-order valence-corrected chi connectivity index (χ4v) is 0.781. The van der Waals surface area contributed by atoms with Gasteiger partial charge in [-0.2, -0.15) is 0 Å². The highest BCUT2D eigenvalue weighted by Crippen LogP contribution is 2.12. The molecule has 1 aromatic rings. The molecule has 0 aliphatic heterocycles. The first-order valence-electron chi connectivity index (χ1n) is 4.05. The fraction of sp³-hybridized carbons (Fsp3) is 0.714. The average molecular weight is 186 g/mol. The number of hydrogen-bond acceptors (Lipinski definition) is 6. The summed E-state index contributed by atoms with van der Waals surface area (Å²) in [6, 6.07) is 0.327. The normalized spacial score (nSPS) is 12.9. The molecule has 1 unspecified atom stereocenters. The van der Waals surface area contributed by atoms with Crippen molar-refractivity contribution in [2.45, 2.75) is 19.5 Å². The Bertz CT molecular complexity index is 263. The molecule has 1 aromatic heterocycles. The van der Waals surface area contributed by atoms with E-state index in [1.807, 2.05) is 6.92 Å². The number of anilines is 1. The number of likely N-dealkylation sites (N-methyl/N-ethyl adjacent to an activating group) is 1. The number of rotatable bonds is 4. The maximum absolute atomic E-state index is 8.87. The topological polar surface area (TPSA) is 88.4 Å². The van der Waals surface area contributed by atoms with Crippen molar-refractivity contribution in [2.24, 2.45) is 5.73 Å². The quantitative estimate of drug-likeness (QED) is 0.649. The minimum absolute atomic E-state index is 0.0385. The second kappa shape index (κ2) is 4.20. The number of hydrogen-bond donors (Lipinski definition) is 2. The smallest absolute Gasteiger partial charge is 0.318 e. The first-order valence-corrected chi connectivity index (χ1v) is 4.05. The van der Waals surface area contributed by atoms with E-state index in [4.69, 9.17) is 15.3 Å². The summed E-state index contributed by atoms with van der Waals surface area (Å²) >= 11 is 0. The van der Waals surface area contributed by atoms with Crippen LogP contribution >= 0.6 is 0 Å². The Morgan fingerprint density at radius 1 is 1.62 bits per heavy atom. The summed E-state index contributed by atoms with van der Waals surface area (Å²) in [6.07, 6.45) is 0. The number of aliphatic hydroxyl groups is 1. The fourth-order valence-electron chi connectivity index (χ4n) is 0.781. The van der Waals surface area contributed by atoms with Crippen LogP contribution in [0.2, 0.25) is 0 Å². The molecule has 1 rings (SSSR count). The molecule has 3 N–H and O–H groups in total. The number of aliphatic hydroxyl groups excluding tert-OH is 1. The van der Waals surface area contributed by atoms with Gasteiger partial charge in [0.15, 0.2) is 0 Å². The van der Waals surface area contributed by atoms with Crippen LogP contribution in [0.1, 0.15) is 12.8 Å². The van der Waals surface area contributed by atoms with Gasteiger partial charge in [0.1, 0.15) is 0 Å². The Morgan fingerprint density at radius 2 is 2.31 bits per heavy atom. The van der Waals surface area contributed by atoms with Crippen molar-refractivity contribution in [3.05, 3.63) is 5.89 Å². The van der Waals surface area contributed by atoms with Crippen molar-refractivity contribution >= 4 is 6.01 Å². The summed E-state index contributed by atoms with van der Waals surface area (Å²) < 4.78 is 5.19.